The van der Waals surface area contributed by atoms with Crippen molar-refractivity contribution in [1.29, 1.82) is 0 Å². The van der Waals surface area contributed by atoms with Crippen molar-refractivity contribution in [1.82, 2.24) is 4.57 Å². The first kappa shape index (κ1) is 25.2. The van der Waals surface area contributed by atoms with Crippen LogP contribution in [0.2, 0.25) is 5.02 Å². The molecule has 9 heteroatoms. The summed E-state index contributed by atoms with van der Waals surface area (Å²) in [6, 6.07) is 21.2. The Hall–Kier alpha value is -3.46. The van der Waals surface area contributed by atoms with E-state index in [1.54, 1.807) is 25.1 Å². The van der Waals surface area contributed by atoms with E-state index in [9.17, 15) is 14.7 Å². The molecular formula is C28H20BrClN2O4S. The van der Waals surface area contributed by atoms with Crippen molar-refractivity contribution in [3.05, 3.63) is 124 Å². The largest absolute Gasteiger partial charge is 0.506 e. The normalized spacial score (nSPS) is 15.3. The quantitative estimate of drug-likeness (QED) is 0.327. The summed E-state index contributed by atoms with van der Waals surface area (Å²) in [5.74, 6) is -0.669. The van der Waals surface area contributed by atoms with Gasteiger partial charge in [-0.15, -0.1) is 0 Å². The number of thiazole rings is 1. The van der Waals surface area contributed by atoms with Gasteiger partial charge in [-0.1, -0.05) is 99.5 Å². The number of carbonyl (C=O) groups excluding carboxylic acids is 1. The first-order valence-corrected chi connectivity index (χ1v) is 13.4. The number of phenols is 1. The van der Waals surface area contributed by atoms with E-state index in [2.05, 4.69) is 15.9 Å². The van der Waals surface area contributed by atoms with Crippen LogP contribution in [0.4, 0.5) is 0 Å². The van der Waals surface area contributed by atoms with Gasteiger partial charge >= 0.3 is 5.97 Å². The second kappa shape index (κ2) is 10.5. The lowest BCUT2D eigenvalue weighted by Crippen LogP contribution is -2.40. The predicted molar refractivity (Wildman–Crippen MR) is 148 cm³/mol. The fourth-order valence-corrected chi connectivity index (χ4v) is 6.05. The minimum Gasteiger partial charge on any atom is -0.506 e. The van der Waals surface area contributed by atoms with E-state index in [-0.39, 0.29) is 28.5 Å². The van der Waals surface area contributed by atoms with Crippen LogP contribution in [0.15, 0.2) is 92.6 Å². The molecule has 0 spiro atoms. The Morgan fingerprint density at radius 2 is 1.84 bits per heavy atom. The molecular weight excluding hydrogens is 576 g/mol. The number of phenolic OH excluding ortho intramolecular Hbond substituents is 1. The van der Waals surface area contributed by atoms with Gasteiger partial charge in [0.15, 0.2) is 4.80 Å². The third-order valence-electron chi connectivity index (χ3n) is 5.83. The standard InChI is InChI=1S/C28H20BrClN2O4S/c1-2-36-27(35)22-23(16-9-5-3-6-10-16)31-28-32(24(22)17-11-7-4-8-12-17)26(34)21(37-28)14-18-13-19(29)15-20(30)25(18)33/h3-15,24,33H,2H2,1H3/b21-14-/t24-/m1/s1. The molecule has 1 atom stereocenters. The molecule has 4 aromatic rings. The minimum atomic E-state index is -0.756. The first-order valence-electron chi connectivity index (χ1n) is 11.4. The average Bonchev–Trinajstić information content (AvgIpc) is 3.21. The van der Waals surface area contributed by atoms with Crippen LogP contribution in [0.25, 0.3) is 11.8 Å². The van der Waals surface area contributed by atoms with Crippen molar-refractivity contribution in [2.24, 2.45) is 4.99 Å². The Labute approximate surface area is 229 Å². The third kappa shape index (κ3) is 4.80. The summed E-state index contributed by atoms with van der Waals surface area (Å²) < 4.78 is 7.96. The fourth-order valence-electron chi connectivity index (χ4n) is 4.23. The van der Waals surface area contributed by atoms with E-state index in [0.29, 0.717) is 25.1 Å². The summed E-state index contributed by atoms with van der Waals surface area (Å²) in [7, 11) is 0. The van der Waals surface area contributed by atoms with Crippen molar-refractivity contribution in [3.63, 3.8) is 0 Å². The second-order valence-corrected chi connectivity index (χ2v) is 10.5. The molecule has 6 nitrogen and oxygen atoms in total. The molecule has 1 aliphatic heterocycles. The molecule has 1 N–H and O–H groups in total. The van der Waals surface area contributed by atoms with Crippen LogP contribution in [0.3, 0.4) is 0 Å². The number of carbonyl (C=O) groups is 1. The molecule has 0 bridgehead atoms. The highest BCUT2D eigenvalue weighted by molar-refractivity contribution is 9.10. The number of ether oxygens (including phenoxy) is 1. The van der Waals surface area contributed by atoms with Gasteiger partial charge in [-0.2, -0.15) is 0 Å². The van der Waals surface area contributed by atoms with Crippen LogP contribution in [0, 0.1) is 0 Å². The van der Waals surface area contributed by atoms with Crippen molar-refractivity contribution < 1.29 is 14.6 Å². The Kier molecular flexibility index (Phi) is 7.15. The molecule has 3 aromatic carbocycles. The lowest BCUT2D eigenvalue weighted by Gasteiger charge is -2.25. The number of aromatic hydroxyl groups is 1. The minimum absolute atomic E-state index is 0.132. The molecule has 2 heterocycles. The zero-order chi connectivity index (χ0) is 26.1. The molecule has 37 heavy (non-hydrogen) atoms. The number of benzene rings is 3. The van der Waals surface area contributed by atoms with Crippen molar-refractivity contribution in [2.45, 2.75) is 13.0 Å². The number of esters is 1. The van der Waals surface area contributed by atoms with Gasteiger partial charge in [0, 0.05) is 15.6 Å². The molecule has 0 fully saturated rings. The third-order valence-corrected chi connectivity index (χ3v) is 7.56. The van der Waals surface area contributed by atoms with Gasteiger partial charge in [0.25, 0.3) is 5.56 Å². The average molecular weight is 596 g/mol. The van der Waals surface area contributed by atoms with E-state index in [4.69, 9.17) is 21.3 Å². The van der Waals surface area contributed by atoms with E-state index >= 15 is 0 Å². The van der Waals surface area contributed by atoms with Crippen molar-refractivity contribution >= 4 is 56.6 Å². The van der Waals surface area contributed by atoms with Crippen molar-refractivity contribution in [3.8, 4) is 5.75 Å². The van der Waals surface area contributed by atoms with E-state index in [1.165, 1.54) is 15.9 Å². The number of hydrogen-bond acceptors (Lipinski definition) is 6. The van der Waals surface area contributed by atoms with Gasteiger partial charge in [-0.3, -0.25) is 9.36 Å². The zero-order valence-corrected chi connectivity index (χ0v) is 22.7. The van der Waals surface area contributed by atoms with Crippen LogP contribution in [-0.2, 0) is 9.53 Å². The van der Waals surface area contributed by atoms with Gasteiger partial charge in [-0.05, 0) is 30.7 Å². The smallest absolute Gasteiger partial charge is 0.338 e. The Morgan fingerprint density at radius 1 is 1.16 bits per heavy atom. The van der Waals surface area contributed by atoms with Crippen LogP contribution in [0.5, 0.6) is 5.75 Å². The number of aromatic nitrogens is 1. The molecule has 5 rings (SSSR count). The van der Waals surface area contributed by atoms with E-state index < -0.39 is 12.0 Å². The van der Waals surface area contributed by atoms with Crippen LogP contribution >= 0.6 is 38.9 Å². The molecule has 1 aliphatic rings. The molecule has 0 saturated heterocycles. The Balaban J connectivity index is 1.84. The zero-order valence-electron chi connectivity index (χ0n) is 19.5. The Morgan fingerprint density at radius 3 is 2.51 bits per heavy atom. The van der Waals surface area contributed by atoms with Gasteiger partial charge in [0.05, 0.1) is 33.5 Å². The summed E-state index contributed by atoms with van der Waals surface area (Å²) in [5.41, 5.74) is 2.26. The van der Waals surface area contributed by atoms with Gasteiger partial charge < -0.3 is 9.84 Å². The topological polar surface area (TPSA) is 80.9 Å². The number of hydrogen-bond donors (Lipinski definition) is 1. The van der Waals surface area contributed by atoms with E-state index in [1.807, 2.05) is 60.7 Å². The maximum absolute atomic E-state index is 13.8. The summed E-state index contributed by atoms with van der Waals surface area (Å²) in [6.45, 7) is 1.92. The molecule has 0 aliphatic carbocycles. The molecule has 186 valence electrons. The van der Waals surface area contributed by atoms with E-state index in [0.717, 1.165) is 11.1 Å². The Bertz CT molecular complexity index is 1710. The summed E-state index contributed by atoms with van der Waals surface area (Å²) in [6.07, 6.45) is 1.58. The summed E-state index contributed by atoms with van der Waals surface area (Å²) >= 11 is 10.7. The highest BCUT2D eigenvalue weighted by atomic mass is 79.9. The molecule has 0 saturated carbocycles. The van der Waals surface area contributed by atoms with Gasteiger partial charge in [0.1, 0.15) is 5.75 Å². The second-order valence-electron chi connectivity index (χ2n) is 8.17. The first-order chi connectivity index (χ1) is 17.9. The lowest BCUT2D eigenvalue weighted by atomic mass is 9.93. The number of fused-ring (bicyclic) bond motifs is 1. The molecule has 0 amide bonds. The highest BCUT2D eigenvalue weighted by Crippen LogP contribution is 2.35. The van der Waals surface area contributed by atoms with Crippen LogP contribution in [-0.4, -0.2) is 22.2 Å². The maximum atomic E-state index is 13.8. The molecule has 0 radical (unpaired) electrons. The summed E-state index contributed by atoms with van der Waals surface area (Å²) in [4.78, 5) is 32.5. The van der Waals surface area contributed by atoms with Gasteiger partial charge in [-0.25, -0.2) is 9.79 Å². The highest BCUT2D eigenvalue weighted by Gasteiger charge is 2.35. The number of rotatable bonds is 5. The summed E-state index contributed by atoms with van der Waals surface area (Å²) in [5, 5.41) is 10.6. The number of halogens is 2. The van der Waals surface area contributed by atoms with Crippen LogP contribution in [0.1, 0.15) is 29.7 Å². The monoisotopic (exact) mass is 594 g/mol. The SMILES string of the molecule is CCOC(=O)C1=C(c2ccccc2)N=c2s/c(=C\c3cc(Br)cc(Cl)c3O)c(=O)n2[C@@H]1c1ccccc1. The lowest BCUT2D eigenvalue weighted by molar-refractivity contribution is -0.138. The molecule has 1 aromatic heterocycles. The number of nitrogens with zero attached hydrogens (tertiary/aromatic N) is 2. The van der Waals surface area contributed by atoms with Crippen molar-refractivity contribution in [2.75, 3.05) is 6.61 Å². The fraction of sp³-hybridized carbons (Fsp3) is 0.107. The van der Waals surface area contributed by atoms with Gasteiger partial charge in [0.2, 0.25) is 0 Å². The van der Waals surface area contributed by atoms with Crippen LogP contribution < -0.4 is 14.9 Å². The maximum Gasteiger partial charge on any atom is 0.338 e. The molecule has 0 unspecified atom stereocenters. The predicted octanol–water partition coefficient (Wildman–Crippen LogP) is 5.06.